The Kier molecular flexibility index (Phi) is 1.40. The lowest BCUT2D eigenvalue weighted by Crippen LogP contribution is -1.85. The fourth-order valence-corrected chi connectivity index (χ4v) is 1.57. The van der Waals surface area contributed by atoms with Crippen LogP contribution in [0.1, 0.15) is 5.56 Å². The highest BCUT2D eigenvalue weighted by atomic mass is 35.5. The van der Waals surface area contributed by atoms with Gasteiger partial charge in [-0.05, 0) is 24.6 Å². The minimum absolute atomic E-state index is 0.696. The summed E-state index contributed by atoms with van der Waals surface area (Å²) in [7, 11) is 0. The van der Waals surface area contributed by atoms with Crippen molar-refractivity contribution in [2.24, 2.45) is 0 Å². The van der Waals surface area contributed by atoms with E-state index in [4.69, 9.17) is 11.6 Å². The van der Waals surface area contributed by atoms with Crippen molar-refractivity contribution in [2.75, 3.05) is 0 Å². The number of aryl methyl sites for hydroxylation is 1. The molecule has 0 bridgehead atoms. The van der Waals surface area contributed by atoms with Crippen molar-refractivity contribution < 1.29 is 0 Å². The Morgan fingerprint density at radius 3 is 3.00 bits per heavy atom. The molecule has 11 heavy (non-hydrogen) atoms. The molecule has 2 aliphatic rings. The first-order valence-corrected chi connectivity index (χ1v) is 3.89. The predicted molar refractivity (Wildman–Crippen MR) is 47.2 cm³/mol. The number of H-pyrrole nitrogens is 1. The summed E-state index contributed by atoms with van der Waals surface area (Å²) < 4.78 is 0. The van der Waals surface area contributed by atoms with E-state index in [2.05, 4.69) is 18.0 Å². The highest BCUT2D eigenvalue weighted by molar-refractivity contribution is 6.29. The van der Waals surface area contributed by atoms with Crippen LogP contribution in [-0.2, 0) is 0 Å². The molecule has 0 fully saturated rings. The molecule has 0 unspecified atom stereocenters. The van der Waals surface area contributed by atoms with Crippen molar-refractivity contribution in [3.63, 3.8) is 0 Å². The molecule has 0 atom stereocenters. The number of hydrogen-bond donors (Lipinski definition) is 1. The molecule has 0 spiro atoms. The molecule has 1 heterocycles. The number of halogens is 1. The number of nitrogens with one attached hydrogen (secondary N) is 1. The summed E-state index contributed by atoms with van der Waals surface area (Å²) in [5, 5.41) is 0.696. The number of fused-ring (bicyclic) bond motifs is 1. The molecule has 1 aliphatic carbocycles. The van der Waals surface area contributed by atoms with Crippen LogP contribution >= 0.6 is 11.6 Å². The van der Waals surface area contributed by atoms with E-state index >= 15 is 0 Å². The van der Waals surface area contributed by atoms with Gasteiger partial charge in [-0.3, -0.25) is 0 Å². The number of aromatic amines is 1. The highest BCUT2D eigenvalue weighted by Crippen LogP contribution is 2.26. The molecule has 0 aromatic heterocycles. The lowest BCUT2D eigenvalue weighted by molar-refractivity contribution is 1.30. The normalized spacial score (nSPS) is 10.7. The van der Waals surface area contributed by atoms with Crippen molar-refractivity contribution in [3.05, 3.63) is 35.0 Å². The van der Waals surface area contributed by atoms with Crippen LogP contribution in [0.15, 0.2) is 24.3 Å². The van der Waals surface area contributed by atoms with Gasteiger partial charge in [0.05, 0.1) is 0 Å². The van der Waals surface area contributed by atoms with E-state index < -0.39 is 0 Å². The molecule has 2 rings (SSSR count). The Bertz CT molecular complexity index is 351. The van der Waals surface area contributed by atoms with E-state index in [-0.39, 0.29) is 0 Å². The molecule has 0 saturated carbocycles. The van der Waals surface area contributed by atoms with Crippen molar-refractivity contribution in [3.8, 4) is 11.3 Å². The van der Waals surface area contributed by atoms with Crippen molar-refractivity contribution in [1.82, 2.24) is 4.98 Å². The summed E-state index contributed by atoms with van der Waals surface area (Å²) in [6.45, 7) is 2.06. The van der Waals surface area contributed by atoms with Crippen molar-refractivity contribution in [2.45, 2.75) is 6.92 Å². The maximum Gasteiger partial charge on any atom is 0.106 e. The maximum atomic E-state index is 5.83. The largest absolute Gasteiger partial charge is 0.346 e. The number of pyridine rings is 1. The first-order chi connectivity index (χ1) is 5.27. The number of hydrogen-bond acceptors (Lipinski definition) is 0. The Hall–Kier alpha value is -0.950. The van der Waals surface area contributed by atoms with Crippen LogP contribution in [0.2, 0.25) is 5.15 Å². The van der Waals surface area contributed by atoms with Crippen LogP contribution < -0.4 is 0 Å². The fourth-order valence-electron chi connectivity index (χ4n) is 1.31. The van der Waals surface area contributed by atoms with Gasteiger partial charge in [0.15, 0.2) is 0 Å². The third-order valence-electron chi connectivity index (χ3n) is 1.84. The monoisotopic (exact) mass is 165 g/mol. The topological polar surface area (TPSA) is 15.8 Å². The summed E-state index contributed by atoms with van der Waals surface area (Å²) in [5.41, 5.74) is 3.57. The Balaban J connectivity index is 2.79. The Morgan fingerprint density at radius 2 is 2.18 bits per heavy atom. The van der Waals surface area contributed by atoms with Gasteiger partial charge in [0.1, 0.15) is 5.15 Å². The number of rotatable bonds is 0. The van der Waals surface area contributed by atoms with E-state index in [1.54, 1.807) is 0 Å². The van der Waals surface area contributed by atoms with E-state index in [0.29, 0.717) is 5.15 Å². The lowest BCUT2D eigenvalue weighted by Gasteiger charge is -2.03. The molecular formula is C9H8ClN. The van der Waals surface area contributed by atoms with Crippen LogP contribution in [0, 0.1) is 6.92 Å². The average Bonchev–Trinajstić information content (AvgIpc) is 2.34. The predicted octanol–water partition coefficient (Wildman–Crippen LogP) is 3.08. The van der Waals surface area contributed by atoms with Gasteiger partial charge in [-0.25, -0.2) is 0 Å². The van der Waals surface area contributed by atoms with Crippen LogP contribution in [0.25, 0.3) is 11.3 Å². The van der Waals surface area contributed by atoms with E-state index in [1.165, 1.54) is 11.1 Å². The molecule has 1 N–H and O–H groups in total. The van der Waals surface area contributed by atoms with Crippen molar-refractivity contribution in [1.29, 1.82) is 0 Å². The fraction of sp³-hybridized carbons (Fsp3) is 0.111. The van der Waals surface area contributed by atoms with Crippen molar-refractivity contribution >= 4 is 11.6 Å². The quantitative estimate of drug-likeness (QED) is 0.578. The molecule has 0 saturated heterocycles. The molecule has 1 nitrogen and oxygen atoms in total. The summed E-state index contributed by atoms with van der Waals surface area (Å²) in [6, 6.07) is 8.06. The zero-order chi connectivity index (χ0) is 7.84. The third-order valence-corrected chi connectivity index (χ3v) is 2.04. The maximum absolute atomic E-state index is 5.83. The van der Waals surface area contributed by atoms with Gasteiger partial charge in [-0.1, -0.05) is 23.7 Å². The second-order valence-corrected chi connectivity index (χ2v) is 3.06. The number of aromatic nitrogens is 1. The van der Waals surface area contributed by atoms with Gasteiger partial charge in [-0.15, -0.1) is 0 Å². The molecule has 0 amide bonds. The summed E-state index contributed by atoms with van der Waals surface area (Å²) in [4.78, 5) is 3.08. The minimum atomic E-state index is 0.696. The Labute approximate surface area is 70.3 Å². The molecule has 0 aromatic rings. The highest BCUT2D eigenvalue weighted by Gasteiger charge is 2.05. The zero-order valence-corrected chi connectivity index (χ0v) is 6.94. The summed E-state index contributed by atoms with van der Waals surface area (Å²) >= 11 is 5.83. The molecule has 1 aliphatic heterocycles. The molecule has 0 aromatic carbocycles. The van der Waals surface area contributed by atoms with Gasteiger partial charge in [0.25, 0.3) is 0 Å². The first kappa shape index (κ1) is 6.74. The van der Waals surface area contributed by atoms with Crippen LogP contribution in [0.4, 0.5) is 0 Å². The van der Waals surface area contributed by atoms with Gasteiger partial charge in [0, 0.05) is 11.3 Å². The molecular weight excluding hydrogens is 158 g/mol. The van der Waals surface area contributed by atoms with Gasteiger partial charge in [0.2, 0.25) is 0 Å². The molecule has 0 radical (unpaired) electrons. The molecule has 56 valence electrons. The van der Waals surface area contributed by atoms with Gasteiger partial charge in [-0.2, -0.15) is 0 Å². The standard InChI is InChI=1S/C9H8ClN/c1-6-5-9(10)11-8-4-2-3-7(6)8/h2-5,11H,1H3. The second kappa shape index (κ2) is 2.28. The second-order valence-electron chi connectivity index (χ2n) is 2.65. The van der Waals surface area contributed by atoms with E-state index in [1.807, 2.05) is 18.2 Å². The zero-order valence-electron chi connectivity index (χ0n) is 6.19. The third kappa shape index (κ3) is 1.02. The minimum Gasteiger partial charge on any atom is -0.346 e. The van der Waals surface area contributed by atoms with Crippen LogP contribution in [0.3, 0.4) is 0 Å². The lowest BCUT2D eigenvalue weighted by atomic mass is 10.1. The van der Waals surface area contributed by atoms with Gasteiger partial charge < -0.3 is 4.98 Å². The van der Waals surface area contributed by atoms with E-state index in [9.17, 15) is 0 Å². The van der Waals surface area contributed by atoms with Gasteiger partial charge >= 0.3 is 0 Å². The molecule has 2 heteroatoms. The SMILES string of the molecule is Cc1cc(Cl)[nH]c2cccc1-2. The summed E-state index contributed by atoms with van der Waals surface area (Å²) in [6.07, 6.45) is 0. The Morgan fingerprint density at radius 1 is 1.36 bits per heavy atom. The first-order valence-electron chi connectivity index (χ1n) is 3.51. The van der Waals surface area contributed by atoms with Crippen LogP contribution in [0.5, 0.6) is 0 Å². The smallest absolute Gasteiger partial charge is 0.106 e. The van der Waals surface area contributed by atoms with Crippen LogP contribution in [-0.4, -0.2) is 4.98 Å². The average molecular weight is 166 g/mol. The van der Waals surface area contributed by atoms with E-state index in [0.717, 1.165) is 5.69 Å². The summed E-state index contributed by atoms with van der Waals surface area (Å²) in [5.74, 6) is 0.